The number of imidazole rings is 1. The van der Waals surface area contributed by atoms with Gasteiger partial charge in [0.1, 0.15) is 23.9 Å². The normalized spacial score (nSPS) is 21.1. The summed E-state index contributed by atoms with van der Waals surface area (Å²) in [5, 5.41) is 0.985. The molecule has 2 unspecified atom stereocenters. The van der Waals surface area contributed by atoms with Crippen LogP contribution in [0.25, 0.3) is 11.8 Å². The first-order chi connectivity index (χ1) is 17.7. The largest absolute Gasteiger partial charge is 0.308 e. The van der Waals surface area contributed by atoms with Crippen molar-refractivity contribution in [2.24, 2.45) is 0 Å². The van der Waals surface area contributed by atoms with Gasteiger partial charge in [0.25, 0.3) is 0 Å². The zero-order chi connectivity index (χ0) is 26.2. The van der Waals surface area contributed by atoms with Crippen LogP contribution in [-0.2, 0) is 21.4 Å². The topological polar surface area (TPSA) is 87.5 Å². The monoisotopic (exact) mass is 567 g/mol. The molecule has 2 aromatic heterocycles. The number of alkyl halides is 1. The van der Waals surface area contributed by atoms with E-state index >= 15 is 4.39 Å². The number of nitrogens with one attached hydrogen (secondary N) is 1. The van der Waals surface area contributed by atoms with Gasteiger partial charge in [-0.05, 0) is 43.2 Å². The molecule has 2 aliphatic rings. The second-order valence-electron chi connectivity index (χ2n) is 8.91. The maximum atomic E-state index is 15.2. The van der Waals surface area contributed by atoms with Gasteiger partial charge in [0.2, 0.25) is 15.9 Å². The van der Waals surface area contributed by atoms with Crippen molar-refractivity contribution >= 4 is 50.6 Å². The van der Waals surface area contributed by atoms with Crippen molar-refractivity contribution in [3.05, 3.63) is 69.0 Å². The second kappa shape index (κ2) is 10.6. The summed E-state index contributed by atoms with van der Waals surface area (Å²) >= 11 is 7.09. The van der Waals surface area contributed by atoms with E-state index in [0.717, 1.165) is 5.41 Å². The lowest BCUT2D eigenvalue weighted by Gasteiger charge is -2.19. The molecule has 0 bridgehead atoms. The molecular formula is C24H24ClF2N5O3S2. The Bertz CT molecular complexity index is 1440. The summed E-state index contributed by atoms with van der Waals surface area (Å²) in [7, 11) is -3.90. The van der Waals surface area contributed by atoms with E-state index in [0.29, 0.717) is 46.8 Å². The number of nitrogens with zero attached hydrogens (tertiary/aromatic N) is 4. The zero-order valence-electron chi connectivity index (χ0n) is 19.6. The molecule has 2 aliphatic heterocycles. The number of carbonyl (C=O) groups is 1. The minimum atomic E-state index is -3.90. The number of benzene rings is 1. The molecule has 37 heavy (non-hydrogen) atoms. The summed E-state index contributed by atoms with van der Waals surface area (Å²) in [6.45, 7) is 1.60. The van der Waals surface area contributed by atoms with Crippen LogP contribution in [0.4, 0.5) is 14.5 Å². The molecule has 1 N–H and O–H groups in total. The molecule has 0 spiro atoms. The highest BCUT2D eigenvalue weighted by Gasteiger charge is 2.36. The van der Waals surface area contributed by atoms with Gasteiger partial charge in [-0.2, -0.15) is 4.72 Å². The summed E-state index contributed by atoms with van der Waals surface area (Å²) < 4.78 is 58.3. The van der Waals surface area contributed by atoms with Crippen LogP contribution in [0.1, 0.15) is 23.5 Å². The molecule has 1 aromatic carbocycles. The predicted octanol–water partition coefficient (Wildman–Crippen LogP) is 3.97. The van der Waals surface area contributed by atoms with Gasteiger partial charge < -0.3 is 9.47 Å². The number of sulfonamides is 1. The van der Waals surface area contributed by atoms with E-state index in [1.165, 1.54) is 34.4 Å². The van der Waals surface area contributed by atoms with Crippen LogP contribution in [-0.4, -0.2) is 60.6 Å². The number of likely N-dealkylation sites (tertiary alicyclic amines) is 1. The first-order valence-corrected chi connectivity index (χ1v) is 14.4. The maximum absolute atomic E-state index is 15.2. The first kappa shape index (κ1) is 26.0. The molecular weight excluding hydrogens is 544 g/mol. The average Bonchev–Trinajstić information content (AvgIpc) is 3.64. The molecule has 5 rings (SSSR count). The molecule has 0 radical (unpaired) electrons. The third-order valence-electron chi connectivity index (χ3n) is 6.31. The highest BCUT2D eigenvalue weighted by atomic mass is 35.5. The average molecular weight is 568 g/mol. The molecule has 4 heterocycles. The number of rotatable bonds is 8. The first-order valence-electron chi connectivity index (χ1n) is 11.6. The molecule has 2 fully saturated rings. The van der Waals surface area contributed by atoms with E-state index in [1.54, 1.807) is 35.2 Å². The third-order valence-corrected chi connectivity index (χ3v) is 8.62. The summed E-state index contributed by atoms with van der Waals surface area (Å²) in [5.74, 6) is -0.486. The van der Waals surface area contributed by atoms with Gasteiger partial charge in [0.15, 0.2) is 0 Å². The third kappa shape index (κ3) is 5.93. The highest BCUT2D eigenvalue weighted by molar-refractivity contribution is 7.92. The number of hydrogen-bond acceptors (Lipinski definition) is 6. The van der Waals surface area contributed by atoms with Crippen LogP contribution >= 0.6 is 22.9 Å². The van der Waals surface area contributed by atoms with E-state index in [2.05, 4.69) is 9.71 Å². The molecule has 1 amide bonds. The van der Waals surface area contributed by atoms with Gasteiger partial charge in [-0.1, -0.05) is 11.6 Å². The minimum Gasteiger partial charge on any atom is -0.308 e. The Hall–Kier alpha value is -2.64. The molecule has 3 aromatic rings. The van der Waals surface area contributed by atoms with E-state index in [9.17, 15) is 17.6 Å². The summed E-state index contributed by atoms with van der Waals surface area (Å²) in [5.41, 5.74) is 0.591. The lowest BCUT2D eigenvalue weighted by atomic mass is 10.2. The number of anilines is 1. The van der Waals surface area contributed by atoms with Crippen molar-refractivity contribution in [3.63, 3.8) is 0 Å². The molecule has 2 atom stereocenters. The fourth-order valence-corrected chi connectivity index (χ4v) is 6.59. The lowest BCUT2D eigenvalue weighted by molar-refractivity contribution is -0.118. The van der Waals surface area contributed by atoms with E-state index in [1.807, 2.05) is 4.90 Å². The zero-order valence-corrected chi connectivity index (χ0v) is 21.9. The fourth-order valence-electron chi connectivity index (χ4n) is 4.52. The number of carbonyl (C=O) groups excluding carboxylic acids is 1. The molecule has 0 saturated carbocycles. The smallest absolute Gasteiger partial charge is 0.245 e. The van der Waals surface area contributed by atoms with Crippen molar-refractivity contribution < 1.29 is 22.0 Å². The Morgan fingerprint density at radius 3 is 2.76 bits per heavy atom. The predicted molar refractivity (Wildman–Crippen MR) is 139 cm³/mol. The van der Waals surface area contributed by atoms with Crippen molar-refractivity contribution in [1.29, 1.82) is 0 Å². The SMILES string of the molecule is O=C1C(NS(=O)(=O)C=Cc2ccc(Cl)s2)CCN1c1ccc(-n2ccnc2CN2CCC(F)C2)cc1F. The molecule has 2 saturated heterocycles. The number of hydrogen-bond donors (Lipinski definition) is 1. The Labute approximate surface area is 222 Å². The van der Waals surface area contributed by atoms with Gasteiger partial charge in [-0.3, -0.25) is 9.69 Å². The quantitative estimate of drug-likeness (QED) is 0.445. The number of thiophene rings is 1. The van der Waals surface area contributed by atoms with Gasteiger partial charge in [-0.25, -0.2) is 22.2 Å². The van der Waals surface area contributed by atoms with Gasteiger partial charge in [0, 0.05) is 54.1 Å². The summed E-state index contributed by atoms with van der Waals surface area (Å²) in [4.78, 5) is 21.1. The molecule has 13 heteroatoms. The van der Waals surface area contributed by atoms with Crippen LogP contribution in [0, 0.1) is 5.82 Å². The Kier molecular flexibility index (Phi) is 7.46. The van der Waals surface area contributed by atoms with E-state index in [-0.39, 0.29) is 18.7 Å². The highest BCUT2D eigenvalue weighted by Crippen LogP contribution is 2.28. The van der Waals surface area contributed by atoms with Crippen molar-refractivity contribution in [1.82, 2.24) is 19.2 Å². The second-order valence-corrected chi connectivity index (χ2v) is 12.3. The van der Waals surface area contributed by atoms with Crippen molar-refractivity contribution in [2.45, 2.75) is 31.6 Å². The van der Waals surface area contributed by atoms with Crippen LogP contribution in [0.15, 0.2) is 48.1 Å². The van der Waals surface area contributed by atoms with Crippen LogP contribution < -0.4 is 9.62 Å². The summed E-state index contributed by atoms with van der Waals surface area (Å²) in [6, 6.07) is 6.82. The fraction of sp³-hybridized carbons (Fsp3) is 0.333. The molecule has 8 nitrogen and oxygen atoms in total. The van der Waals surface area contributed by atoms with Crippen molar-refractivity contribution in [3.8, 4) is 5.69 Å². The number of aromatic nitrogens is 2. The van der Waals surface area contributed by atoms with Crippen molar-refractivity contribution in [2.75, 3.05) is 24.5 Å². The van der Waals surface area contributed by atoms with Crippen LogP contribution in [0.2, 0.25) is 4.34 Å². The summed E-state index contributed by atoms with van der Waals surface area (Å²) in [6.07, 6.45) is 4.56. The molecule has 196 valence electrons. The van der Waals surface area contributed by atoms with E-state index in [4.69, 9.17) is 11.6 Å². The minimum absolute atomic E-state index is 0.0701. The van der Waals surface area contributed by atoms with Crippen LogP contribution in [0.5, 0.6) is 0 Å². The van der Waals surface area contributed by atoms with Gasteiger partial charge in [-0.15, -0.1) is 11.3 Å². The van der Waals surface area contributed by atoms with Gasteiger partial charge >= 0.3 is 0 Å². The molecule has 0 aliphatic carbocycles. The number of halogens is 3. The van der Waals surface area contributed by atoms with Gasteiger partial charge in [0.05, 0.1) is 16.6 Å². The maximum Gasteiger partial charge on any atom is 0.245 e. The Balaban J connectivity index is 1.27. The Morgan fingerprint density at radius 2 is 2.05 bits per heavy atom. The van der Waals surface area contributed by atoms with Crippen LogP contribution in [0.3, 0.4) is 0 Å². The Morgan fingerprint density at radius 1 is 1.22 bits per heavy atom. The number of amides is 1. The lowest BCUT2D eigenvalue weighted by Crippen LogP contribution is -2.40. The van der Waals surface area contributed by atoms with E-state index < -0.39 is 34.0 Å². The standard InChI is InChI=1S/C24H24ClF2N5O3S2/c25-22-4-2-18(36-22)7-12-37(34,35)29-20-6-10-32(24(20)33)21-3-1-17(13-19(21)27)31-11-8-28-23(31)15-30-9-5-16(26)14-30/h1-4,7-8,11-13,16,20,29H,5-6,9-10,14-15H2.